The quantitative estimate of drug-likeness (QED) is 0.0796. The van der Waals surface area contributed by atoms with E-state index in [1.807, 2.05) is 80.6 Å². The lowest BCUT2D eigenvalue weighted by molar-refractivity contribution is 0.0947. The van der Waals surface area contributed by atoms with Crippen LogP contribution >= 0.6 is 0 Å². The molecule has 8 rings (SSSR count). The van der Waals surface area contributed by atoms with Gasteiger partial charge >= 0.3 is 0 Å². The first-order chi connectivity index (χ1) is 34.5. The number of anilines is 3. The first-order valence-corrected chi connectivity index (χ1v) is 23.0. The Morgan fingerprint density at radius 2 is 1.08 bits per heavy atom. The summed E-state index contributed by atoms with van der Waals surface area (Å²) in [6.07, 6.45) is 8.21. The monoisotopic (exact) mass is 950 g/mol. The Kier molecular flexibility index (Phi) is 14.0. The van der Waals surface area contributed by atoms with Crippen LogP contribution in [0.5, 0.6) is 0 Å². The third-order valence-electron chi connectivity index (χ3n) is 12.2. The van der Waals surface area contributed by atoms with Crippen LogP contribution in [0.1, 0.15) is 87.0 Å². The number of rotatable bonds is 14. The highest BCUT2D eigenvalue weighted by atomic mass is 16.2. The van der Waals surface area contributed by atoms with Crippen molar-refractivity contribution in [2.45, 2.75) is 58.8 Å². The van der Waals surface area contributed by atoms with Crippen molar-refractivity contribution < 1.29 is 14.4 Å². The van der Waals surface area contributed by atoms with Gasteiger partial charge in [0.2, 0.25) is 0 Å². The number of carbonyl (C=O) groups is 3. The lowest BCUT2D eigenvalue weighted by Gasteiger charge is -2.16. The van der Waals surface area contributed by atoms with Crippen LogP contribution in [0.15, 0.2) is 140 Å². The lowest BCUT2D eigenvalue weighted by atomic mass is 9.90. The molecule has 15 heteroatoms. The molecule has 8 aromatic rings. The molecule has 0 spiro atoms. The van der Waals surface area contributed by atoms with Crippen molar-refractivity contribution in [2.75, 3.05) is 22.9 Å². The molecular formula is C57H50N12O3. The normalized spacial score (nSPS) is 11.2. The fourth-order valence-corrected chi connectivity index (χ4v) is 7.92. The molecule has 0 radical (unpaired) electrons. The Morgan fingerprint density at radius 3 is 1.68 bits per heavy atom. The maximum atomic E-state index is 13.7. The summed E-state index contributed by atoms with van der Waals surface area (Å²) in [5, 5.41) is 28.2. The number of nitrogens with zero attached hydrogens (tertiary/aromatic N) is 8. The predicted octanol–water partition coefficient (Wildman–Crippen LogP) is 10.0. The minimum absolute atomic E-state index is 0.218. The number of aryl methyl sites for hydroxylation is 2. The highest BCUT2D eigenvalue weighted by molar-refractivity contribution is 6.05. The minimum atomic E-state index is -0.867. The molecule has 15 nitrogen and oxygen atoms in total. The van der Waals surface area contributed by atoms with Crippen molar-refractivity contribution in [1.29, 1.82) is 10.5 Å². The molecule has 5 N–H and O–H groups in total. The molecule has 0 fully saturated rings. The molecule has 0 bridgehead atoms. The Bertz CT molecular complexity index is 3500. The van der Waals surface area contributed by atoms with Gasteiger partial charge in [-0.25, -0.2) is 9.97 Å². The van der Waals surface area contributed by atoms with Gasteiger partial charge in [-0.15, -0.1) is 0 Å². The van der Waals surface area contributed by atoms with E-state index in [4.69, 9.17) is 5.73 Å². The van der Waals surface area contributed by atoms with Gasteiger partial charge in [0.05, 0.1) is 45.7 Å². The SMILES string of the molecule is Cc1ccc(NC(=O)c2ccnc(C(C)(C)C#N)c2)cc1-c1cc(CCNC(=O)c2cc(-c3cc(-c4cc(NC(=O)c5ccnc(C(C)(C)C#N)c5)ccc4C)ccn3)ccn2)cc(-c2cc(N)ncn2)c1. The van der Waals surface area contributed by atoms with Crippen LogP contribution in [-0.2, 0) is 17.3 Å². The maximum Gasteiger partial charge on any atom is 0.269 e. The van der Waals surface area contributed by atoms with Crippen molar-refractivity contribution >= 4 is 34.9 Å². The largest absolute Gasteiger partial charge is 0.384 e. The second kappa shape index (κ2) is 20.6. The van der Waals surface area contributed by atoms with E-state index in [0.29, 0.717) is 63.1 Å². The summed E-state index contributed by atoms with van der Waals surface area (Å²) < 4.78 is 0. The Morgan fingerprint density at radius 1 is 0.542 bits per heavy atom. The maximum absolute atomic E-state index is 13.7. The molecule has 5 heterocycles. The van der Waals surface area contributed by atoms with Crippen molar-refractivity contribution in [3.8, 4) is 56.9 Å². The van der Waals surface area contributed by atoms with Crippen LogP contribution in [0.3, 0.4) is 0 Å². The lowest BCUT2D eigenvalue weighted by Crippen LogP contribution is -2.26. The van der Waals surface area contributed by atoms with Crippen LogP contribution in [-0.4, -0.2) is 54.2 Å². The zero-order chi connectivity index (χ0) is 51.2. The highest BCUT2D eigenvalue weighted by Gasteiger charge is 2.24. The summed E-state index contributed by atoms with van der Waals surface area (Å²) in [6, 6.07) is 37.4. The fraction of sp³-hybridized carbons (Fsp3) is 0.175. The number of nitriles is 2. The molecule has 3 aromatic carbocycles. The molecule has 0 aliphatic carbocycles. The second-order valence-corrected chi connectivity index (χ2v) is 18.4. The molecule has 0 atom stereocenters. The van der Waals surface area contributed by atoms with Crippen LogP contribution in [0, 0.1) is 36.5 Å². The van der Waals surface area contributed by atoms with Crippen molar-refractivity contribution in [3.63, 3.8) is 0 Å². The summed E-state index contributed by atoms with van der Waals surface area (Å²) in [7, 11) is 0. The Labute approximate surface area is 417 Å². The molecule has 0 aliphatic rings. The van der Waals surface area contributed by atoms with E-state index in [1.54, 1.807) is 82.6 Å². The van der Waals surface area contributed by atoms with E-state index in [9.17, 15) is 24.9 Å². The van der Waals surface area contributed by atoms with Crippen molar-refractivity contribution in [2.24, 2.45) is 0 Å². The number of pyridine rings is 4. The van der Waals surface area contributed by atoms with Crippen molar-refractivity contribution in [3.05, 3.63) is 185 Å². The van der Waals surface area contributed by atoms with Gasteiger partial charge in [-0.1, -0.05) is 18.2 Å². The van der Waals surface area contributed by atoms with Crippen LogP contribution < -0.4 is 21.7 Å². The van der Waals surface area contributed by atoms with Crippen LogP contribution in [0.4, 0.5) is 17.2 Å². The average Bonchev–Trinajstić information content (AvgIpc) is 3.39. The summed E-state index contributed by atoms with van der Waals surface area (Å²) in [6.45, 7) is 11.3. The number of nitrogens with one attached hydrogen (secondary N) is 3. The number of nitrogens with two attached hydrogens (primary N) is 1. The first-order valence-electron chi connectivity index (χ1n) is 23.0. The van der Waals surface area contributed by atoms with Gasteiger partial charge in [0.25, 0.3) is 17.7 Å². The fourth-order valence-electron chi connectivity index (χ4n) is 7.92. The van der Waals surface area contributed by atoms with E-state index in [1.165, 1.54) is 18.7 Å². The zero-order valence-corrected chi connectivity index (χ0v) is 40.6. The van der Waals surface area contributed by atoms with E-state index in [-0.39, 0.29) is 30.0 Å². The van der Waals surface area contributed by atoms with Gasteiger partial charge in [-0.3, -0.25) is 34.3 Å². The van der Waals surface area contributed by atoms with E-state index in [0.717, 1.165) is 44.5 Å². The number of amides is 3. The van der Waals surface area contributed by atoms with E-state index >= 15 is 0 Å². The third-order valence-corrected chi connectivity index (χ3v) is 12.2. The first kappa shape index (κ1) is 49.0. The van der Waals surface area contributed by atoms with Gasteiger partial charge in [-0.05, 0) is 172 Å². The Balaban J connectivity index is 0.982. The number of hydrogen-bond donors (Lipinski definition) is 4. The zero-order valence-electron chi connectivity index (χ0n) is 40.6. The number of carbonyl (C=O) groups excluding carboxylic acids is 3. The molecule has 5 aromatic heterocycles. The molecule has 0 unspecified atom stereocenters. The number of hydrogen-bond acceptors (Lipinski definition) is 12. The second-order valence-electron chi connectivity index (χ2n) is 18.4. The summed E-state index contributed by atoms with van der Waals surface area (Å²) in [5.74, 6) is -0.707. The molecular weight excluding hydrogens is 901 g/mol. The van der Waals surface area contributed by atoms with Crippen LogP contribution in [0.2, 0.25) is 0 Å². The van der Waals surface area contributed by atoms with Gasteiger partial charge in [-0.2, -0.15) is 10.5 Å². The summed E-state index contributed by atoms with van der Waals surface area (Å²) in [5.41, 5.74) is 16.6. The van der Waals surface area contributed by atoms with Gasteiger partial charge < -0.3 is 21.7 Å². The molecule has 72 heavy (non-hydrogen) atoms. The molecule has 356 valence electrons. The van der Waals surface area contributed by atoms with Crippen LogP contribution in [0.25, 0.3) is 44.8 Å². The van der Waals surface area contributed by atoms with Gasteiger partial charge in [0.15, 0.2) is 0 Å². The number of aromatic nitrogens is 6. The molecule has 0 aliphatic heterocycles. The minimum Gasteiger partial charge on any atom is -0.384 e. The third kappa shape index (κ3) is 11.2. The Hall–Kier alpha value is -9.47. The van der Waals surface area contributed by atoms with Crippen molar-refractivity contribution in [1.82, 2.24) is 35.2 Å². The summed E-state index contributed by atoms with van der Waals surface area (Å²) >= 11 is 0. The molecule has 3 amide bonds. The van der Waals surface area contributed by atoms with Gasteiger partial charge in [0.1, 0.15) is 17.8 Å². The smallest absolute Gasteiger partial charge is 0.269 e. The van der Waals surface area contributed by atoms with E-state index < -0.39 is 10.8 Å². The highest BCUT2D eigenvalue weighted by Crippen LogP contribution is 2.34. The standard InChI is InChI=1S/C57H50N12O3/c1-34-7-9-43(68-53(70)39-14-19-63-50(26-39)56(3,4)31-58)28-45(34)37-12-17-61-47(24-37)38-13-18-62-49(25-38)55(72)65-16-11-36-21-41(23-42(22-36)48-30-52(60)67-33-66-48)46-29-44(10-8-35(46)2)69-54(71)40-15-20-64-51(27-40)57(5,6)32-59/h7-10,12-15,17-30,33H,11,16H2,1-6H3,(H,65,72)(H,68,70)(H,69,71)(H2,60,66,67). The predicted molar refractivity (Wildman–Crippen MR) is 277 cm³/mol. The topological polar surface area (TPSA) is 238 Å². The molecule has 0 saturated heterocycles. The van der Waals surface area contributed by atoms with Gasteiger partial charge in [0, 0.05) is 71.0 Å². The average molecular weight is 951 g/mol. The summed E-state index contributed by atoms with van der Waals surface area (Å²) in [4.78, 5) is 66.7. The number of benzene rings is 3. The molecule has 0 saturated carbocycles. The van der Waals surface area contributed by atoms with E-state index in [2.05, 4.69) is 58.0 Å². The number of nitrogen functional groups attached to an aromatic ring is 1.